The van der Waals surface area contributed by atoms with Crippen LogP contribution in [0.5, 0.6) is 0 Å². The van der Waals surface area contributed by atoms with Gasteiger partial charge in [-0.1, -0.05) is 53.3 Å². The van der Waals surface area contributed by atoms with Gasteiger partial charge < -0.3 is 10.6 Å². The third kappa shape index (κ3) is 3.85. The molecule has 0 amide bonds. The molecule has 0 radical (unpaired) electrons. The second-order valence-corrected chi connectivity index (χ2v) is 7.79. The first-order valence-electron chi connectivity index (χ1n) is 7.82. The lowest BCUT2D eigenvalue weighted by atomic mass is 10.2. The lowest BCUT2D eigenvalue weighted by molar-refractivity contribution is 1.09. The summed E-state index contributed by atoms with van der Waals surface area (Å²) in [6, 6.07) is 15.7. The highest BCUT2D eigenvalue weighted by molar-refractivity contribution is 7.19. The molecule has 0 atom stereocenters. The standard InChI is InChI=1S/C18H14ClN5S2/c1-11-4-2-3-5-14(11)20-17-23-24-18(26-17)22-16-21-15(10-25-16)12-6-8-13(19)9-7-12/h2-10H,1H3,(H,20,23)(H,21,22,24). The van der Waals surface area contributed by atoms with Crippen molar-refractivity contribution in [2.45, 2.75) is 6.92 Å². The first kappa shape index (κ1) is 17.0. The van der Waals surface area contributed by atoms with E-state index in [-0.39, 0.29) is 0 Å². The summed E-state index contributed by atoms with van der Waals surface area (Å²) in [7, 11) is 0. The fourth-order valence-electron chi connectivity index (χ4n) is 2.33. The molecule has 0 saturated heterocycles. The summed E-state index contributed by atoms with van der Waals surface area (Å²) in [4.78, 5) is 4.60. The van der Waals surface area contributed by atoms with Gasteiger partial charge >= 0.3 is 0 Å². The van der Waals surface area contributed by atoms with Crippen LogP contribution in [0.4, 0.5) is 21.1 Å². The SMILES string of the molecule is Cc1ccccc1Nc1nnc(Nc2nc(-c3ccc(Cl)cc3)cs2)s1. The van der Waals surface area contributed by atoms with Crippen LogP contribution in [0.2, 0.25) is 5.02 Å². The normalized spacial score (nSPS) is 10.7. The predicted molar refractivity (Wildman–Crippen MR) is 110 cm³/mol. The Balaban J connectivity index is 1.46. The van der Waals surface area contributed by atoms with Crippen LogP contribution in [0.3, 0.4) is 0 Å². The summed E-state index contributed by atoms with van der Waals surface area (Å²) in [6.07, 6.45) is 0. The minimum Gasteiger partial charge on any atom is -0.330 e. The van der Waals surface area contributed by atoms with Crippen molar-refractivity contribution in [2.24, 2.45) is 0 Å². The van der Waals surface area contributed by atoms with E-state index >= 15 is 0 Å². The highest BCUT2D eigenvalue weighted by Crippen LogP contribution is 2.31. The van der Waals surface area contributed by atoms with Crippen molar-refractivity contribution < 1.29 is 0 Å². The number of hydrogen-bond donors (Lipinski definition) is 2. The Morgan fingerprint density at radius 3 is 2.38 bits per heavy atom. The maximum atomic E-state index is 5.93. The maximum absolute atomic E-state index is 5.93. The molecule has 0 fully saturated rings. The number of anilines is 4. The second-order valence-electron chi connectivity index (χ2n) is 5.52. The van der Waals surface area contributed by atoms with Crippen molar-refractivity contribution in [3.8, 4) is 11.3 Å². The molecule has 0 bridgehead atoms. The number of nitrogens with one attached hydrogen (secondary N) is 2. The summed E-state index contributed by atoms with van der Waals surface area (Å²) in [5.74, 6) is 0. The van der Waals surface area contributed by atoms with Gasteiger partial charge in [0.05, 0.1) is 5.69 Å². The summed E-state index contributed by atoms with van der Waals surface area (Å²) >= 11 is 8.90. The van der Waals surface area contributed by atoms with Crippen molar-refractivity contribution in [3.63, 3.8) is 0 Å². The van der Waals surface area contributed by atoms with Crippen LogP contribution >= 0.6 is 34.3 Å². The zero-order chi connectivity index (χ0) is 17.9. The quantitative estimate of drug-likeness (QED) is 0.423. The van der Waals surface area contributed by atoms with Crippen molar-refractivity contribution in [2.75, 3.05) is 10.6 Å². The number of hydrogen-bond acceptors (Lipinski definition) is 7. The number of halogens is 1. The Morgan fingerprint density at radius 1 is 0.885 bits per heavy atom. The smallest absolute Gasteiger partial charge is 0.213 e. The average Bonchev–Trinajstić information content (AvgIpc) is 3.28. The van der Waals surface area contributed by atoms with E-state index in [0.29, 0.717) is 10.2 Å². The molecule has 4 rings (SSSR count). The fraction of sp³-hybridized carbons (Fsp3) is 0.0556. The first-order chi connectivity index (χ1) is 12.7. The molecule has 0 aliphatic heterocycles. The number of rotatable bonds is 5. The van der Waals surface area contributed by atoms with Crippen LogP contribution in [0.1, 0.15) is 5.56 Å². The van der Waals surface area contributed by atoms with Crippen molar-refractivity contribution in [3.05, 3.63) is 64.5 Å². The molecule has 2 heterocycles. The number of thiazole rings is 1. The summed E-state index contributed by atoms with van der Waals surface area (Å²) in [5, 5.41) is 19.8. The Labute approximate surface area is 163 Å². The molecule has 2 aromatic heterocycles. The molecular weight excluding hydrogens is 386 g/mol. The first-order valence-corrected chi connectivity index (χ1v) is 9.89. The van der Waals surface area contributed by atoms with Gasteiger partial charge in [0.15, 0.2) is 5.13 Å². The lowest BCUT2D eigenvalue weighted by Gasteiger charge is -2.04. The Bertz CT molecular complexity index is 1030. The molecule has 26 heavy (non-hydrogen) atoms. The van der Waals surface area contributed by atoms with Crippen LogP contribution in [0, 0.1) is 6.92 Å². The third-order valence-electron chi connectivity index (χ3n) is 3.67. The molecule has 0 aliphatic rings. The summed E-state index contributed by atoms with van der Waals surface area (Å²) < 4.78 is 0. The highest BCUT2D eigenvalue weighted by Gasteiger charge is 2.09. The highest BCUT2D eigenvalue weighted by atomic mass is 35.5. The fourth-order valence-corrected chi connectivity index (χ4v) is 3.89. The van der Waals surface area contributed by atoms with Crippen LogP contribution in [-0.4, -0.2) is 15.2 Å². The average molecular weight is 400 g/mol. The summed E-state index contributed by atoms with van der Waals surface area (Å²) in [5.41, 5.74) is 4.11. The van der Waals surface area contributed by atoms with E-state index in [1.54, 1.807) is 0 Å². The second kappa shape index (κ2) is 7.41. The number of benzene rings is 2. The number of aryl methyl sites for hydroxylation is 1. The topological polar surface area (TPSA) is 62.7 Å². The molecule has 0 spiro atoms. The van der Waals surface area contributed by atoms with E-state index in [2.05, 4.69) is 38.8 Å². The minimum atomic E-state index is 0.693. The molecule has 2 aromatic carbocycles. The van der Waals surface area contributed by atoms with Crippen LogP contribution in [0.15, 0.2) is 53.9 Å². The molecule has 0 saturated carbocycles. The Kier molecular flexibility index (Phi) is 4.83. The number of nitrogens with zero attached hydrogens (tertiary/aromatic N) is 3. The van der Waals surface area contributed by atoms with E-state index in [4.69, 9.17) is 11.6 Å². The molecule has 130 valence electrons. The van der Waals surface area contributed by atoms with Gasteiger partial charge in [-0.2, -0.15) is 0 Å². The van der Waals surface area contributed by atoms with Gasteiger partial charge in [0, 0.05) is 21.7 Å². The molecular formula is C18H14ClN5S2. The van der Waals surface area contributed by atoms with Crippen LogP contribution in [-0.2, 0) is 0 Å². The zero-order valence-electron chi connectivity index (χ0n) is 13.7. The van der Waals surface area contributed by atoms with Gasteiger partial charge in [0.25, 0.3) is 0 Å². The van der Waals surface area contributed by atoms with Crippen molar-refractivity contribution in [1.29, 1.82) is 0 Å². The van der Waals surface area contributed by atoms with E-state index in [1.165, 1.54) is 22.7 Å². The third-order valence-corrected chi connectivity index (χ3v) is 5.43. The molecule has 0 aliphatic carbocycles. The summed E-state index contributed by atoms with van der Waals surface area (Å²) in [6.45, 7) is 2.05. The van der Waals surface area contributed by atoms with E-state index in [9.17, 15) is 0 Å². The van der Waals surface area contributed by atoms with E-state index in [0.717, 1.165) is 32.8 Å². The maximum Gasteiger partial charge on any atom is 0.213 e. The van der Waals surface area contributed by atoms with Gasteiger partial charge in [-0.05, 0) is 30.7 Å². The number of aromatic nitrogens is 3. The van der Waals surface area contributed by atoms with E-state index in [1.807, 2.05) is 47.8 Å². The lowest BCUT2D eigenvalue weighted by Crippen LogP contribution is -1.91. The molecule has 0 unspecified atom stereocenters. The van der Waals surface area contributed by atoms with Gasteiger partial charge in [-0.3, -0.25) is 0 Å². The molecule has 4 aromatic rings. The van der Waals surface area contributed by atoms with E-state index < -0.39 is 0 Å². The monoisotopic (exact) mass is 399 g/mol. The van der Waals surface area contributed by atoms with Crippen LogP contribution in [0.25, 0.3) is 11.3 Å². The van der Waals surface area contributed by atoms with Crippen LogP contribution < -0.4 is 10.6 Å². The number of para-hydroxylation sites is 1. The zero-order valence-corrected chi connectivity index (χ0v) is 16.1. The van der Waals surface area contributed by atoms with Crippen molar-refractivity contribution in [1.82, 2.24) is 15.2 Å². The Morgan fingerprint density at radius 2 is 1.62 bits per heavy atom. The van der Waals surface area contributed by atoms with Gasteiger partial charge in [-0.25, -0.2) is 4.98 Å². The van der Waals surface area contributed by atoms with Gasteiger partial charge in [0.2, 0.25) is 10.3 Å². The molecule has 2 N–H and O–H groups in total. The predicted octanol–water partition coefficient (Wildman–Crippen LogP) is 6.11. The molecule has 5 nitrogen and oxygen atoms in total. The Hall–Kier alpha value is -2.48. The largest absolute Gasteiger partial charge is 0.330 e. The van der Waals surface area contributed by atoms with Gasteiger partial charge in [0.1, 0.15) is 0 Å². The minimum absolute atomic E-state index is 0.693. The van der Waals surface area contributed by atoms with Gasteiger partial charge in [-0.15, -0.1) is 21.5 Å². The van der Waals surface area contributed by atoms with Crippen molar-refractivity contribution >= 4 is 55.4 Å². The molecule has 8 heteroatoms.